The van der Waals surface area contributed by atoms with Crippen molar-refractivity contribution in [3.8, 4) is 5.75 Å². The first-order valence-corrected chi connectivity index (χ1v) is 8.17. The second-order valence-corrected chi connectivity index (χ2v) is 5.87. The molecule has 27 heavy (non-hydrogen) atoms. The summed E-state index contributed by atoms with van der Waals surface area (Å²) in [6, 6.07) is 11.4. The van der Waals surface area contributed by atoms with E-state index in [0.29, 0.717) is 29.8 Å². The molecule has 0 aliphatic heterocycles. The van der Waals surface area contributed by atoms with Gasteiger partial charge in [-0.25, -0.2) is 4.98 Å². The highest BCUT2D eigenvalue weighted by atomic mass is 19.4. The summed E-state index contributed by atoms with van der Waals surface area (Å²) in [6.07, 6.45) is -4.70. The lowest BCUT2D eigenvalue weighted by Gasteiger charge is -2.24. The molecule has 0 aliphatic rings. The van der Waals surface area contributed by atoms with Crippen LogP contribution in [0.15, 0.2) is 42.5 Å². The van der Waals surface area contributed by atoms with Crippen LogP contribution < -0.4 is 21.1 Å². The predicted octanol–water partition coefficient (Wildman–Crippen LogP) is 3.72. The van der Waals surface area contributed by atoms with Gasteiger partial charge in [0.05, 0.1) is 5.52 Å². The van der Waals surface area contributed by atoms with Gasteiger partial charge >= 0.3 is 6.36 Å². The normalized spacial score (nSPS) is 11.6. The monoisotopic (exact) mass is 377 g/mol. The molecular weight excluding hydrogens is 359 g/mol. The number of anilines is 3. The Balaban J connectivity index is 1.82. The molecule has 6 nitrogen and oxygen atoms in total. The number of nitrogens with zero attached hydrogens (tertiary/aromatic N) is 3. The number of hydrogen-bond donors (Lipinski definition) is 2. The topological polar surface area (TPSA) is 90.3 Å². The highest BCUT2D eigenvalue weighted by molar-refractivity contribution is 5.91. The lowest BCUT2D eigenvalue weighted by Crippen LogP contribution is -2.22. The van der Waals surface area contributed by atoms with Crippen LogP contribution in [0.4, 0.5) is 30.6 Å². The SMILES string of the molecule is CCN(Cc1ccc(OC(F)(F)F)cc1)c1ccc2nc(N)nc(N)c2c1. The summed E-state index contributed by atoms with van der Waals surface area (Å²) >= 11 is 0. The quantitative estimate of drug-likeness (QED) is 0.704. The van der Waals surface area contributed by atoms with Crippen LogP contribution in [0.25, 0.3) is 10.9 Å². The van der Waals surface area contributed by atoms with Gasteiger partial charge in [0.1, 0.15) is 11.6 Å². The molecular formula is C18H18F3N5O. The maximum absolute atomic E-state index is 12.3. The molecule has 1 heterocycles. The average Bonchev–Trinajstić information content (AvgIpc) is 2.59. The molecule has 3 aromatic rings. The summed E-state index contributed by atoms with van der Waals surface area (Å²) in [5, 5.41) is 0.689. The van der Waals surface area contributed by atoms with Crippen molar-refractivity contribution in [2.75, 3.05) is 22.9 Å². The zero-order valence-corrected chi connectivity index (χ0v) is 14.5. The number of rotatable bonds is 5. The number of aromatic nitrogens is 2. The second kappa shape index (κ2) is 7.18. The van der Waals surface area contributed by atoms with Gasteiger partial charge in [-0.05, 0) is 42.8 Å². The summed E-state index contributed by atoms with van der Waals surface area (Å²) in [4.78, 5) is 10.2. The van der Waals surface area contributed by atoms with E-state index in [-0.39, 0.29) is 11.7 Å². The summed E-state index contributed by atoms with van der Waals surface area (Å²) in [6.45, 7) is 3.17. The van der Waals surface area contributed by atoms with Crippen LogP contribution in [0.2, 0.25) is 0 Å². The minimum Gasteiger partial charge on any atom is -0.406 e. The first-order valence-electron chi connectivity index (χ1n) is 8.17. The Labute approximate surface area is 153 Å². The number of halogens is 3. The summed E-state index contributed by atoms with van der Waals surface area (Å²) in [5.74, 6) is 0.160. The molecule has 142 valence electrons. The van der Waals surface area contributed by atoms with Crippen LogP contribution in [0.5, 0.6) is 5.75 Å². The standard InChI is InChI=1S/C18H18F3N5O/c1-2-26(10-11-3-6-13(7-4-11)27-18(19,20)21)12-5-8-15-14(9-12)16(22)25-17(23)24-15/h3-9H,2,10H2,1H3,(H4,22,23,24,25). The highest BCUT2D eigenvalue weighted by Gasteiger charge is 2.30. The minimum absolute atomic E-state index is 0.112. The van der Waals surface area contributed by atoms with E-state index in [4.69, 9.17) is 11.5 Å². The lowest BCUT2D eigenvalue weighted by molar-refractivity contribution is -0.274. The van der Waals surface area contributed by atoms with Crippen LogP contribution >= 0.6 is 0 Å². The van der Waals surface area contributed by atoms with E-state index in [0.717, 1.165) is 11.3 Å². The number of alkyl halides is 3. The Kier molecular flexibility index (Phi) is 4.93. The van der Waals surface area contributed by atoms with Crippen molar-refractivity contribution in [3.63, 3.8) is 0 Å². The molecule has 3 rings (SSSR count). The number of hydrogen-bond acceptors (Lipinski definition) is 6. The second-order valence-electron chi connectivity index (χ2n) is 5.87. The Morgan fingerprint density at radius 3 is 2.37 bits per heavy atom. The largest absolute Gasteiger partial charge is 0.573 e. The Morgan fingerprint density at radius 2 is 1.74 bits per heavy atom. The molecule has 0 saturated carbocycles. The van der Waals surface area contributed by atoms with Crippen molar-refractivity contribution >= 4 is 28.4 Å². The molecule has 1 aromatic heterocycles. The molecule has 0 bridgehead atoms. The van der Waals surface area contributed by atoms with Gasteiger partial charge in [0.2, 0.25) is 5.95 Å². The molecule has 9 heteroatoms. The van der Waals surface area contributed by atoms with Crippen molar-refractivity contribution in [2.24, 2.45) is 0 Å². The van der Waals surface area contributed by atoms with Gasteiger partial charge < -0.3 is 21.1 Å². The minimum atomic E-state index is -4.70. The smallest absolute Gasteiger partial charge is 0.406 e. The van der Waals surface area contributed by atoms with Crippen molar-refractivity contribution in [3.05, 3.63) is 48.0 Å². The number of nitrogen functional groups attached to an aromatic ring is 2. The van der Waals surface area contributed by atoms with Gasteiger partial charge in [0, 0.05) is 24.2 Å². The molecule has 4 N–H and O–H groups in total. The van der Waals surface area contributed by atoms with E-state index in [9.17, 15) is 13.2 Å². The van der Waals surface area contributed by atoms with E-state index < -0.39 is 6.36 Å². The maximum Gasteiger partial charge on any atom is 0.573 e. The van der Waals surface area contributed by atoms with Crippen molar-refractivity contribution in [2.45, 2.75) is 19.8 Å². The van der Waals surface area contributed by atoms with E-state index in [1.54, 1.807) is 12.1 Å². The van der Waals surface area contributed by atoms with Crippen molar-refractivity contribution in [1.29, 1.82) is 0 Å². The van der Waals surface area contributed by atoms with E-state index in [2.05, 4.69) is 19.6 Å². The third-order valence-electron chi connectivity index (χ3n) is 4.00. The van der Waals surface area contributed by atoms with Crippen LogP contribution in [-0.2, 0) is 6.54 Å². The van der Waals surface area contributed by atoms with E-state index in [1.807, 2.05) is 25.1 Å². The van der Waals surface area contributed by atoms with Crippen LogP contribution in [-0.4, -0.2) is 22.9 Å². The van der Waals surface area contributed by atoms with Gasteiger partial charge in [-0.2, -0.15) is 4.98 Å². The number of fused-ring (bicyclic) bond motifs is 1. The molecule has 0 atom stereocenters. The van der Waals surface area contributed by atoms with E-state index in [1.165, 1.54) is 12.1 Å². The van der Waals surface area contributed by atoms with Crippen molar-refractivity contribution in [1.82, 2.24) is 9.97 Å². The van der Waals surface area contributed by atoms with Crippen LogP contribution in [0.1, 0.15) is 12.5 Å². The first-order chi connectivity index (χ1) is 12.7. The molecule has 0 aliphatic carbocycles. The fraction of sp³-hybridized carbons (Fsp3) is 0.222. The molecule has 0 spiro atoms. The molecule has 0 radical (unpaired) electrons. The maximum atomic E-state index is 12.3. The number of benzene rings is 2. The molecule has 2 aromatic carbocycles. The van der Waals surface area contributed by atoms with E-state index >= 15 is 0 Å². The van der Waals surface area contributed by atoms with Gasteiger partial charge in [0.25, 0.3) is 0 Å². The van der Waals surface area contributed by atoms with Crippen LogP contribution in [0, 0.1) is 0 Å². The van der Waals surface area contributed by atoms with Crippen LogP contribution in [0.3, 0.4) is 0 Å². The first kappa shape index (κ1) is 18.6. The van der Waals surface area contributed by atoms with Gasteiger partial charge in [-0.3, -0.25) is 0 Å². The highest BCUT2D eigenvalue weighted by Crippen LogP contribution is 2.27. The number of ether oxygens (including phenoxy) is 1. The zero-order chi connectivity index (χ0) is 19.6. The third kappa shape index (κ3) is 4.49. The Hall–Kier alpha value is -3.23. The summed E-state index contributed by atoms with van der Waals surface area (Å²) in [7, 11) is 0. The Morgan fingerprint density at radius 1 is 1.04 bits per heavy atom. The van der Waals surface area contributed by atoms with Gasteiger partial charge in [-0.15, -0.1) is 13.2 Å². The fourth-order valence-corrected chi connectivity index (χ4v) is 2.76. The molecule has 0 fully saturated rings. The predicted molar refractivity (Wildman–Crippen MR) is 98.2 cm³/mol. The Bertz CT molecular complexity index is 944. The summed E-state index contributed by atoms with van der Waals surface area (Å²) < 4.78 is 40.7. The lowest BCUT2D eigenvalue weighted by atomic mass is 10.1. The van der Waals surface area contributed by atoms with Gasteiger partial charge in [-0.1, -0.05) is 12.1 Å². The fourth-order valence-electron chi connectivity index (χ4n) is 2.76. The zero-order valence-electron chi connectivity index (χ0n) is 14.5. The molecule has 0 saturated heterocycles. The number of nitrogens with two attached hydrogens (primary N) is 2. The molecule has 0 amide bonds. The van der Waals surface area contributed by atoms with Gasteiger partial charge in [0.15, 0.2) is 0 Å². The average molecular weight is 377 g/mol. The van der Waals surface area contributed by atoms with Crippen molar-refractivity contribution < 1.29 is 17.9 Å². The third-order valence-corrected chi connectivity index (χ3v) is 4.00. The molecule has 0 unspecified atom stereocenters. The summed E-state index contributed by atoms with van der Waals surface area (Å²) in [5.41, 5.74) is 13.9.